The van der Waals surface area contributed by atoms with Crippen LogP contribution in [0.4, 0.5) is 10.5 Å². The van der Waals surface area contributed by atoms with Gasteiger partial charge in [-0.15, -0.1) is 11.8 Å². The summed E-state index contributed by atoms with van der Waals surface area (Å²) < 4.78 is 16.3. The van der Waals surface area contributed by atoms with Gasteiger partial charge in [0.25, 0.3) is 5.91 Å². The normalized spacial score (nSPS) is 24.6. The van der Waals surface area contributed by atoms with Crippen LogP contribution in [0.1, 0.15) is 42.5 Å². The third-order valence-electron chi connectivity index (χ3n) is 9.25. The molecule has 12 heteroatoms. The maximum Gasteiger partial charge on any atom is 0.407 e. The van der Waals surface area contributed by atoms with E-state index in [2.05, 4.69) is 10.6 Å². The smallest absolute Gasteiger partial charge is 0.407 e. The van der Waals surface area contributed by atoms with Crippen molar-refractivity contribution in [1.29, 1.82) is 0 Å². The molecule has 6 atom stereocenters. The number of benzene rings is 2. The molecule has 250 valence electrons. The van der Waals surface area contributed by atoms with Crippen molar-refractivity contribution in [2.45, 2.75) is 82.4 Å². The van der Waals surface area contributed by atoms with Gasteiger partial charge in [0.05, 0.1) is 31.1 Å². The molecule has 0 aromatic heterocycles. The second kappa shape index (κ2) is 14.2. The summed E-state index contributed by atoms with van der Waals surface area (Å²) in [5, 5.41) is 17.4. The molecule has 0 saturated carbocycles. The van der Waals surface area contributed by atoms with Gasteiger partial charge in [0.2, 0.25) is 5.91 Å². The molecule has 11 nitrogen and oxygen atoms in total. The predicted octanol–water partition coefficient (Wildman–Crippen LogP) is 3.13. The zero-order valence-electron chi connectivity index (χ0n) is 27.4. The van der Waals surface area contributed by atoms with Crippen molar-refractivity contribution in [3.05, 3.63) is 64.7 Å². The van der Waals surface area contributed by atoms with E-state index in [1.807, 2.05) is 89.2 Å². The molecular weight excluding hydrogens is 608 g/mol. The molecule has 3 amide bonds. The number of rotatable bonds is 10. The number of aliphatic hydroxyl groups excluding tert-OH is 1. The van der Waals surface area contributed by atoms with E-state index in [1.54, 1.807) is 0 Å². The van der Waals surface area contributed by atoms with Gasteiger partial charge in [0, 0.05) is 31.1 Å². The number of amides is 3. The number of hydrogen-bond acceptors (Lipinski definition) is 9. The molecule has 2 aromatic rings. The van der Waals surface area contributed by atoms with Crippen LogP contribution in [0, 0.1) is 19.8 Å². The van der Waals surface area contributed by atoms with Crippen molar-refractivity contribution >= 4 is 35.4 Å². The average Bonchev–Trinajstić information content (AvgIpc) is 3.71. The number of nitrogens with zero attached hydrogens (tertiary/aromatic N) is 2. The number of nitrogens with one attached hydrogen (secondary N) is 2. The molecule has 3 heterocycles. The van der Waals surface area contributed by atoms with Crippen molar-refractivity contribution in [1.82, 2.24) is 15.5 Å². The Balaban J connectivity index is 1.32. The maximum absolute atomic E-state index is 14.0. The van der Waals surface area contributed by atoms with Crippen molar-refractivity contribution < 1.29 is 33.7 Å². The summed E-state index contributed by atoms with van der Waals surface area (Å²) in [7, 11) is 3.88. The van der Waals surface area contributed by atoms with Crippen LogP contribution >= 0.6 is 11.8 Å². The fraction of sp³-hybridized carbons (Fsp3) is 0.559. The van der Waals surface area contributed by atoms with Crippen LogP contribution in [0.5, 0.6) is 0 Å². The van der Waals surface area contributed by atoms with Crippen LogP contribution in [0.25, 0.3) is 0 Å². The third kappa shape index (κ3) is 7.46. The first-order valence-electron chi connectivity index (χ1n) is 15.8. The molecule has 0 bridgehead atoms. The van der Waals surface area contributed by atoms with Gasteiger partial charge in [0.1, 0.15) is 12.1 Å². The number of aliphatic hydroxyl groups is 1. The van der Waals surface area contributed by atoms with E-state index in [0.717, 1.165) is 34.4 Å². The maximum atomic E-state index is 14.0. The van der Waals surface area contributed by atoms with E-state index in [9.17, 15) is 19.5 Å². The van der Waals surface area contributed by atoms with E-state index in [4.69, 9.17) is 14.2 Å². The van der Waals surface area contributed by atoms with Crippen molar-refractivity contribution in [3.8, 4) is 0 Å². The molecule has 3 aliphatic heterocycles. The number of carbonyl (C=O) groups is 3. The van der Waals surface area contributed by atoms with Crippen LogP contribution in [0.3, 0.4) is 0 Å². The molecule has 46 heavy (non-hydrogen) atoms. The number of hydrogen-bond donors (Lipinski definition) is 3. The van der Waals surface area contributed by atoms with E-state index < -0.39 is 41.0 Å². The van der Waals surface area contributed by atoms with E-state index in [0.29, 0.717) is 13.2 Å². The van der Waals surface area contributed by atoms with Gasteiger partial charge in [0.15, 0.2) is 12.4 Å². The minimum absolute atomic E-state index is 0.0547. The minimum atomic E-state index is -1.63. The zero-order chi connectivity index (χ0) is 33.2. The fourth-order valence-corrected chi connectivity index (χ4v) is 7.59. The highest BCUT2D eigenvalue weighted by Gasteiger charge is 2.50. The van der Waals surface area contributed by atoms with Gasteiger partial charge in [-0.1, -0.05) is 30.3 Å². The first kappa shape index (κ1) is 34.0. The van der Waals surface area contributed by atoms with E-state index in [1.165, 1.54) is 16.7 Å². The number of anilines is 1. The fourth-order valence-electron chi connectivity index (χ4n) is 6.45. The number of alkyl carbamates (subject to hydrolysis) is 1. The Morgan fingerprint density at radius 2 is 1.80 bits per heavy atom. The highest BCUT2D eigenvalue weighted by Crippen LogP contribution is 2.40. The Kier molecular flexibility index (Phi) is 10.5. The number of aryl methyl sites for hydroxylation is 2. The van der Waals surface area contributed by atoms with E-state index >= 15 is 0 Å². The lowest BCUT2D eigenvalue weighted by Crippen LogP contribution is -2.58. The first-order chi connectivity index (χ1) is 21.9. The summed E-state index contributed by atoms with van der Waals surface area (Å²) >= 11 is 1.47. The van der Waals surface area contributed by atoms with Crippen LogP contribution in [0.2, 0.25) is 0 Å². The summed E-state index contributed by atoms with van der Waals surface area (Å²) in [6.45, 7) is 8.94. The lowest BCUT2D eigenvalue weighted by atomic mass is 9.97. The number of ether oxygens (including phenoxy) is 3. The Morgan fingerprint density at radius 3 is 2.48 bits per heavy atom. The Morgan fingerprint density at radius 1 is 1.11 bits per heavy atom. The SMILES string of the molecule is Cc1cccc(C)c1CNC(=O)[C@H]1N(C(=O)[C@@H](O)[C@H](Cc2ccc(N(C)C)cc2)NC(=O)O[C@H]2CO[C@H]3OCC[C@H]32)CSC1(C)C. The van der Waals surface area contributed by atoms with Crippen LogP contribution in [-0.2, 0) is 36.8 Å². The topological polar surface area (TPSA) is 130 Å². The number of thioether (sulfide) groups is 1. The summed E-state index contributed by atoms with van der Waals surface area (Å²) in [5.74, 6) is -0.757. The summed E-state index contributed by atoms with van der Waals surface area (Å²) in [6.07, 6.45) is -2.36. The monoisotopic (exact) mass is 654 g/mol. The van der Waals surface area contributed by atoms with E-state index in [-0.39, 0.29) is 37.0 Å². The minimum Gasteiger partial charge on any atom is -0.443 e. The Hall–Kier alpha value is -3.32. The molecule has 2 aromatic carbocycles. The summed E-state index contributed by atoms with van der Waals surface area (Å²) in [4.78, 5) is 44.3. The molecule has 3 aliphatic rings. The van der Waals surface area contributed by atoms with Gasteiger partial charge in [-0.05, 0) is 74.9 Å². The highest BCUT2D eigenvalue weighted by molar-refractivity contribution is 8.00. The molecule has 3 fully saturated rings. The van der Waals surface area contributed by atoms with Gasteiger partial charge >= 0.3 is 6.09 Å². The second-order valence-electron chi connectivity index (χ2n) is 13.1. The number of fused-ring (bicyclic) bond motifs is 1. The van der Waals surface area contributed by atoms with Crippen molar-refractivity contribution in [2.75, 3.05) is 38.1 Å². The quantitative estimate of drug-likeness (QED) is 0.354. The molecule has 3 N–H and O–H groups in total. The molecule has 0 spiro atoms. The average molecular weight is 655 g/mol. The van der Waals surface area contributed by atoms with Gasteiger partial charge in [-0.2, -0.15) is 0 Å². The molecular formula is C34H46N4O7S. The third-order valence-corrected chi connectivity index (χ3v) is 10.6. The number of carbonyl (C=O) groups excluding carboxylic acids is 3. The van der Waals surface area contributed by atoms with Crippen molar-refractivity contribution in [3.63, 3.8) is 0 Å². The lowest BCUT2D eigenvalue weighted by molar-refractivity contribution is -0.147. The largest absolute Gasteiger partial charge is 0.443 e. The molecule has 0 unspecified atom stereocenters. The lowest BCUT2D eigenvalue weighted by Gasteiger charge is -2.33. The summed E-state index contributed by atoms with van der Waals surface area (Å²) in [6, 6.07) is 11.8. The summed E-state index contributed by atoms with van der Waals surface area (Å²) in [5.41, 5.74) is 4.98. The van der Waals surface area contributed by atoms with Gasteiger partial charge in [-0.25, -0.2) is 4.79 Å². The molecule has 0 radical (unpaired) electrons. The molecule has 3 saturated heterocycles. The standard InChI is InChI=1S/C34H46N4O7S/c1-20-8-7-9-21(2)25(20)17-35-30(40)29-34(3,4)46-19-38(29)31(41)28(39)26(16-22-10-12-23(13-11-22)37(5)6)36-33(42)45-27-18-44-32-24(27)14-15-43-32/h7-13,24,26-29,32,39H,14-19H2,1-6H3,(H,35,40)(H,36,42)/t24-,26-,27-,28-,29+,32+/m0/s1. The first-order valence-corrected chi connectivity index (χ1v) is 16.8. The molecule has 5 rings (SSSR count). The predicted molar refractivity (Wildman–Crippen MR) is 176 cm³/mol. The zero-order valence-corrected chi connectivity index (χ0v) is 28.3. The highest BCUT2D eigenvalue weighted by atomic mass is 32.2. The van der Waals surface area contributed by atoms with Gasteiger partial charge in [-0.3, -0.25) is 9.59 Å². The van der Waals surface area contributed by atoms with Crippen LogP contribution in [0.15, 0.2) is 42.5 Å². The molecule has 0 aliphatic carbocycles. The van der Waals surface area contributed by atoms with Gasteiger partial charge < -0.3 is 39.8 Å². The van der Waals surface area contributed by atoms with Crippen molar-refractivity contribution in [2.24, 2.45) is 5.92 Å². The second-order valence-corrected chi connectivity index (χ2v) is 14.7. The van der Waals surface area contributed by atoms with Crippen LogP contribution < -0.4 is 15.5 Å². The Labute approximate surface area is 275 Å². The van der Waals surface area contributed by atoms with Crippen LogP contribution in [-0.4, -0.2) is 96.4 Å². The Bertz CT molecular complexity index is 1400.